The first-order chi connectivity index (χ1) is 12.4. The van der Waals surface area contributed by atoms with E-state index in [1.54, 1.807) is 21.3 Å². The van der Waals surface area contributed by atoms with Gasteiger partial charge >= 0.3 is 8.80 Å². The smallest absolute Gasteiger partial charge is 0.377 e. The van der Waals surface area contributed by atoms with E-state index in [1.165, 1.54) is 83.6 Å². The fourth-order valence-corrected chi connectivity index (χ4v) is 5.48. The number of hydrogen-bond donors (Lipinski definition) is 0. The maximum atomic E-state index is 5.53. The van der Waals surface area contributed by atoms with E-state index in [1.807, 2.05) is 0 Å². The van der Waals surface area contributed by atoms with Gasteiger partial charge in [-0.3, -0.25) is 0 Å². The predicted molar refractivity (Wildman–Crippen MR) is 115 cm³/mol. The Morgan fingerprint density at radius 1 is 0.577 bits per heavy atom. The van der Waals surface area contributed by atoms with Gasteiger partial charge in [0.05, 0.1) is 33.2 Å². The van der Waals surface area contributed by atoms with Gasteiger partial charge in [0.2, 0.25) is 0 Å². The first-order valence-corrected chi connectivity index (χ1v) is 12.9. The molecule has 0 fully saturated rings. The van der Waals surface area contributed by atoms with Crippen molar-refractivity contribution in [3.05, 3.63) is 0 Å². The van der Waals surface area contributed by atoms with Gasteiger partial charge in [0.15, 0.2) is 0 Å². The topological polar surface area (TPSA) is 27.7 Å². The predicted octanol–water partition coefficient (Wildman–Crippen LogP) is 5.64. The molecule has 5 heteroatoms. The zero-order valence-electron chi connectivity index (χ0n) is 18.8. The lowest BCUT2D eigenvalue weighted by Gasteiger charge is -2.33. The second kappa shape index (κ2) is 16.1. The quantitative estimate of drug-likeness (QED) is 0.162. The standard InChI is InChI=1S/C21H48NO3Si/c1-7-8-9-10-11-12-13-14-15-16-17-18-19-22(2,3)20-21-26(23-4,24-5)25-6/h7-21H2,1-6H3/q+1. The minimum absolute atomic E-state index is 0.877. The summed E-state index contributed by atoms with van der Waals surface area (Å²) < 4.78 is 17.6. The van der Waals surface area contributed by atoms with Crippen molar-refractivity contribution in [2.75, 3.05) is 48.5 Å². The Labute approximate surface area is 165 Å². The van der Waals surface area contributed by atoms with Gasteiger partial charge in [0, 0.05) is 21.3 Å². The summed E-state index contributed by atoms with van der Waals surface area (Å²) in [6.07, 6.45) is 16.9. The van der Waals surface area contributed by atoms with Gasteiger partial charge in [-0.25, -0.2) is 0 Å². The molecule has 0 aliphatic rings. The van der Waals surface area contributed by atoms with Gasteiger partial charge in [0.25, 0.3) is 0 Å². The zero-order valence-corrected chi connectivity index (χ0v) is 19.8. The Kier molecular flexibility index (Phi) is 16.1. The highest BCUT2D eigenvalue weighted by Gasteiger charge is 2.39. The van der Waals surface area contributed by atoms with E-state index in [0.717, 1.165) is 17.1 Å². The monoisotopic (exact) mass is 390 g/mol. The Bertz CT molecular complexity index is 301. The molecule has 0 unspecified atom stereocenters. The SMILES string of the molecule is CCCCCCCCCCCCCC[N+](C)(C)CC[Si](OC)(OC)OC. The third-order valence-corrected chi connectivity index (χ3v) is 8.28. The fraction of sp³-hybridized carbons (Fsp3) is 1.00. The summed E-state index contributed by atoms with van der Waals surface area (Å²) in [5.41, 5.74) is 0. The molecule has 0 aliphatic heterocycles. The number of nitrogens with zero attached hydrogens (tertiary/aromatic N) is 1. The minimum atomic E-state index is -2.43. The van der Waals surface area contributed by atoms with E-state index in [-0.39, 0.29) is 0 Å². The molecule has 0 saturated heterocycles. The van der Waals surface area contributed by atoms with Crippen LogP contribution in [0.4, 0.5) is 0 Å². The van der Waals surface area contributed by atoms with Crippen LogP contribution in [0.15, 0.2) is 0 Å². The Morgan fingerprint density at radius 2 is 0.962 bits per heavy atom. The van der Waals surface area contributed by atoms with Crippen molar-refractivity contribution in [3.63, 3.8) is 0 Å². The van der Waals surface area contributed by atoms with Crippen molar-refractivity contribution in [3.8, 4) is 0 Å². The Hall–Kier alpha value is 0.0569. The highest BCUT2D eigenvalue weighted by molar-refractivity contribution is 6.60. The van der Waals surface area contributed by atoms with Crippen LogP contribution in [0.5, 0.6) is 0 Å². The summed E-state index contributed by atoms with van der Waals surface area (Å²) in [4.78, 5) is 0. The van der Waals surface area contributed by atoms with Crippen molar-refractivity contribution in [1.29, 1.82) is 0 Å². The first kappa shape index (κ1) is 26.1. The van der Waals surface area contributed by atoms with E-state index in [2.05, 4.69) is 21.0 Å². The van der Waals surface area contributed by atoms with E-state index < -0.39 is 8.80 Å². The third kappa shape index (κ3) is 13.3. The van der Waals surface area contributed by atoms with Crippen molar-refractivity contribution in [2.45, 2.75) is 90.0 Å². The minimum Gasteiger partial charge on any atom is -0.377 e. The molecule has 0 rings (SSSR count). The number of unbranched alkanes of at least 4 members (excludes halogenated alkanes) is 11. The molecule has 0 bridgehead atoms. The van der Waals surface area contributed by atoms with Crippen LogP contribution in [0, 0.1) is 0 Å². The zero-order chi connectivity index (χ0) is 19.7. The van der Waals surface area contributed by atoms with Crippen LogP contribution in [0.1, 0.15) is 84.0 Å². The molecule has 0 N–H and O–H groups in total. The van der Waals surface area contributed by atoms with E-state index in [0.29, 0.717) is 0 Å². The Morgan fingerprint density at radius 3 is 1.35 bits per heavy atom. The second-order valence-electron chi connectivity index (χ2n) is 8.32. The maximum absolute atomic E-state index is 5.53. The van der Waals surface area contributed by atoms with Gasteiger partial charge in [-0.05, 0) is 12.8 Å². The first-order valence-electron chi connectivity index (χ1n) is 10.9. The lowest BCUT2D eigenvalue weighted by molar-refractivity contribution is -0.888. The summed E-state index contributed by atoms with van der Waals surface area (Å²) in [7, 11) is 7.28. The van der Waals surface area contributed by atoms with Crippen LogP contribution >= 0.6 is 0 Å². The lowest BCUT2D eigenvalue weighted by atomic mass is 10.1. The van der Waals surface area contributed by atoms with Crippen LogP contribution in [0.25, 0.3) is 0 Å². The van der Waals surface area contributed by atoms with Gasteiger partial charge in [0.1, 0.15) is 0 Å². The fourth-order valence-electron chi connectivity index (χ4n) is 3.49. The van der Waals surface area contributed by atoms with Gasteiger partial charge in [-0.2, -0.15) is 0 Å². The summed E-state index contributed by atoms with van der Waals surface area (Å²) in [6, 6.07) is 0.877. The molecule has 0 saturated carbocycles. The summed E-state index contributed by atoms with van der Waals surface area (Å²) in [6.45, 7) is 4.55. The number of quaternary nitrogens is 1. The summed E-state index contributed by atoms with van der Waals surface area (Å²) >= 11 is 0. The van der Waals surface area contributed by atoms with Gasteiger partial charge < -0.3 is 17.8 Å². The molecule has 4 nitrogen and oxygen atoms in total. The molecule has 0 aromatic rings. The van der Waals surface area contributed by atoms with Crippen molar-refractivity contribution >= 4 is 8.80 Å². The molecule has 0 aliphatic carbocycles. The molecule has 0 heterocycles. The average molecular weight is 391 g/mol. The van der Waals surface area contributed by atoms with Crippen molar-refractivity contribution in [2.24, 2.45) is 0 Å². The Balaban J connectivity index is 3.61. The van der Waals surface area contributed by atoms with Crippen molar-refractivity contribution in [1.82, 2.24) is 0 Å². The molecule has 0 aromatic heterocycles. The largest absolute Gasteiger partial charge is 0.505 e. The molecule has 0 amide bonds. The third-order valence-electron chi connectivity index (χ3n) is 5.57. The lowest BCUT2D eigenvalue weighted by Crippen LogP contribution is -2.49. The molecular weight excluding hydrogens is 342 g/mol. The van der Waals surface area contributed by atoms with Gasteiger partial charge in [-0.15, -0.1) is 0 Å². The molecule has 0 radical (unpaired) electrons. The van der Waals surface area contributed by atoms with E-state index in [9.17, 15) is 0 Å². The van der Waals surface area contributed by atoms with E-state index in [4.69, 9.17) is 13.3 Å². The van der Waals surface area contributed by atoms with Gasteiger partial charge in [-0.1, -0.05) is 71.1 Å². The number of rotatable bonds is 19. The van der Waals surface area contributed by atoms with Crippen LogP contribution < -0.4 is 0 Å². The molecular formula is C21H48NO3Si+. The molecule has 0 spiro atoms. The average Bonchev–Trinajstić information content (AvgIpc) is 2.64. The highest BCUT2D eigenvalue weighted by Crippen LogP contribution is 2.17. The second-order valence-corrected chi connectivity index (χ2v) is 11.4. The van der Waals surface area contributed by atoms with Crippen LogP contribution in [-0.4, -0.2) is 61.8 Å². The molecule has 158 valence electrons. The number of hydrogen-bond acceptors (Lipinski definition) is 3. The summed E-state index contributed by atoms with van der Waals surface area (Å²) in [5, 5.41) is 0. The molecule has 0 aromatic carbocycles. The maximum Gasteiger partial charge on any atom is 0.505 e. The molecule has 26 heavy (non-hydrogen) atoms. The van der Waals surface area contributed by atoms with Crippen molar-refractivity contribution < 1.29 is 17.8 Å². The van der Waals surface area contributed by atoms with Crippen LogP contribution in [-0.2, 0) is 13.3 Å². The summed E-state index contributed by atoms with van der Waals surface area (Å²) in [5.74, 6) is 0. The van der Waals surface area contributed by atoms with Crippen LogP contribution in [0.2, 0.25) is 6.04 Å². The van der Waals surface area contributed by atoms with Crippen LogP contribution in [0.3, 0.4) is 0 Å². The van der Waals surface area contributed by atoms with E-state index >= 15 is 0 Å². The molecule has 0 atom stereocenters. The highest BCUT2D eigenvalue weighted by atomic mass is 28.4. The normalized spacial score (nSPS) is 12.7.